The highest BCUT2D eigenvalue weighted by molar-refractivity contribution is 6.42. The molecule has 4 nitrogen and oxygen atoms in total. The molecular formula is C12H12Cl2N2O2. The molecule has 2 N–H and O–H groups in total. The molecular weight excluding hydrogens is 275 g/mol. The number of carbonyl (C=O) groups excluding carboxylic acids is 2. The summed E-state index contributed by atoms with van der Waals surface area (Å²) in [6, 6.07) is 4.81. The van der Waals surface area contributed by atoms with Crippen LogP contribution >= 0.6 is 23.2 Å². The van der Waals surface area contributed by atoms with Crippen molar-refractivity contribution in [1.29, 1.82) is 0 Å². The molecule has 1 aliphatic rings. The summed E-state index contributed by atoms with van der Waals surface area (Å²) in [5, 5.41) is 6.01. The van der Waals surface area contributed by atoms with Gasteiger partial charge in [-0.2, -0.15) is 0 Å². The molecule has 1 saturated carbocycles. The molecule has 1 fully saturated rings. The molecule has 6 heteroatoms. The lowest BCUT2D eigenvalue weighted by Gasteiger charge is -2.07. The standard InChI is InChI=1S/C12H12Cl2N2O2/c13-9-4-3-8(5-10(9)14)16-11(17)6-15-12(18)7-1-2-7/h3-5,7H,1-2,6H2,(H,15,18)(H,16,17). The van der Waals surface area contributed by atoms with Gasteiger partial charge in [0, 0.05) is 11.6 Å². The Bertz CT molecular complexity index is 487. The Labute approximate surface area is 115 Å². The van der Waals surface area contributed by atoms with Crippen molar-refractivity contribution < 1.29 is 9.59 Å². The fourth-order valence-electron chi connectivity index (χ4n) is 1.44. The van der Waals surface area contributed by atoms with Gasteiger partial charge < -0.3 is 10.6 Å². The maximum Gasteiger partial charge on any atom is 0.243 e. The van der Waals surface area contributed by atoms with Crippen LogP contribution in [-0.2, 0) is 9.59 Å². The van der Waals surface area contributed by atoms with Gasteiger partial charge in [0.05, 0.1) is 16.6 Å². The molecule has 0 radical (unpaired) electrons. The largest absolute Gasteiger partial charge is 0.347 e. The van der Waals surface area contributed by atoms with Crippen LogP contribution in [0.5, 0.6) is 0 Å². The third kappa shape index (κ3) is 3.62. The van der Waals surface area contributed by atoms with Gasteiger partial charge in [0.25, 0.3) is 0 Å². The summed E-state index contributed by atoms with van der Waals surface area (Å²) in [5.74, 6) is -0.246. The van der Waals surface area contributed by atoms with E-state index >= 15 is 0 Å². The second kappa shape index (κ2) is 5.59. The van der Waals surface area contributed by atoms with Crippen molar-refractivity contribution in [2.24, 2.45) is 5.92 Å². The van der Waals surface area contributed by atoms with Gasteiger partial charge in [0.2, 0.25) is 11.8 Å². The first-order valence-electron chi connectivity index (χ1n) is 5.59. The van der Waals surface area contributed by atoms with Crippen molar-refractivity contribution in [3.8, 4) is 0 Å². The smallest absolute Gasteiger partial charge is 0.243 e. The van der Waals surface area contributed by atoms with Crippen LogP contribution in [0.2, 0.25) is 10.0 Å². The summed E-state index contributed by atoms with van der Waals surface area (Å²) in [4.78, 5) is 22.9. The Hall–Kier alpha value is -1.26. The summed E-state index contributed by atoms with van der Waals surface area (Å²) in [5.41, 5.74) is 0.551. The van der Waals surface area contributed by atoms with E-state index in [4.69, 9.17) is 23.2 Å². The summed E-state index contributed by atoms with van der Waals surface area (Å²) >= 11 is 11.6. The third-order valence-electron chi connectivity index (χ3n) is 2.57. The predicted octanol–water partition coefficient (Wildman–Crippen LogP) is 2.46. The van der Waals surface area contributed by atoms with Crippen LogP contribution in [0.3, 0.4) is 0 Å². The van der Waals surface area contributed by atoms with E-state index in [2.05, 4.69) is 10.6 Å². The van der Waals surface area contributed by atoms with E-state index in [9.17, 15) is 9.59 Å². The number of anilines is 1. The molecule has 1 aliphatic carbocycles. The van der Waals surface area contributed by atoms with Crippen LogP contribution in [0, 0.1) is 5.92 Å². The lowest BCUT2D eigenvalue weighted by Crippen LogP contribution is -2.33. The van der Waals surface area contributed by atoms with Gasteiger partial charge in [-0.15, -0.1) is 0 Å². The average Bonchev–Trinajstić information content (AvgIpc) is 3.15. The number of benzene rings is 1. The number of amides is 2. The molecule has 0 aromatic heterocycles. The van der Waals surface area contributed by atoms with E-state index < -0.39 is 0 Å². The highest BCUT2D eigenvalue weighted by atomic mass is 35.5. The Morgan fingerprint density at radius 3 is 2.56 bits per heavy atom. The van der Waals surface area contributed by atoms with Gasteiger partial charge in [0.15, 0.2) is 0 Å². The fourth-order valence-corrected chi connectivity index (χ4v) is 1.73. The third-order valence-corrected chi connectivity index (χ3v) is 3.31. The maximum atomic E-state index is 11.6. The molecule has 0 spiro atoms. The van der Waals surface area contributed by atoms with E-state index in [1.165, 1.54) is 0 Å². The van der Waals surface area contributed by atoms with Crippen molar-refractivity contribution in [3.05, 3.63) is 28.2 Å². The van der Waals surface area contributed by atoms with E-state index in [0.717, 1.165) is 12.8 Å². The van der Waals surface area contributed by atoms with Crippen LogP contribution in [0.4, 0.5) is 5.69 Å². The van der Waals surface area contributed by atoms with Gasteiger partial charge in [-0.1, -0.05) is 23.2 Å². The number of halogens is 2. The molecule has 0 saturated heterocycles. The summed E-state index contributed by atoms with van der Waals surface area (Å²) in [6.07, 6.45) is 1.83. The molecule has 1 aromatic carbocycles. The lowest BCUT2D eigenvalue weighted by molar-refractivity contribution is -0.125. The van der Waals surface area contributed by atoms with Crippen LogP contribution in [0.1, 0.15) is 12.8 Å². The Balaban J connectivity index is 1.82. The molecule has 0 aliphatic heterocycles. The van der Waals surface area contributed by atoms with E-state index in [1.807, 2.05) is 0 Å². The normalized spacial score (nSPS) is 14.1. The lowest BCUT2D eigenvalue weighted by atomic mass is 10.3. The molecule has 2 amide bonds. The Kier molecular flexibility index (Phi) is 4.09. The monoisotopic (exact) mass is 286 g/mol. The Morgan fingerprint density at radius 2 is 1.94 bits per heavy atom. The summed E-state index contributed by atoms with van der Waals surface area (Å²) in [7, 11) is 0. The molecule has 2 rings (SSSR count). The van der Waals surface area contributed by atoms with Crippen molar-refractivity contribution in [2.45, 2.75) is 12.8 Å². The van der Waals surface area contributed by atoms with Crippen molar-refractivity contribution in [2.75, 3.05) is 11.9 Å². The van der Waals surface area contributed by atoms with Crippen LogP contribution in [0.15, 0.2) is 18.2 Å². The van der Waals surface area contributed by atoms with Gasteiger partial charge >= 0.3 is 0 Å². The number of hydrogen-bond donors (Lipinski definition) is 2. The first-order valence-corrected chi connectivity index (χ1v) is 6.34. The number of rotatable bonds is 4. The van der Waals surface area contributed by atoms with Gasteiger partial charge in [-0.3, -0.25) is 9.59 Å². The topological polar surface area (TPSA) is 58.2 Å². The average molecular weight is 287 g/mol. The second-order valence-electron chi connectivity index (χ2n) is 4.17. The van der Waals surface area contributed by atoms with Crippen LogP contribution < -0.4 is 10.6 Å². The Morgan fingerprint density at radius 1 is 1.22 bits per heavy atom. The van der Waals surface area contributed by atoms with Crippen LogP contribution in [-0.4, -0.2) is 18.4 Å². The van der Waals surface area contributed by atoms with Crippen LogP contribution in [0.25, 0.3) is 0 Å². The molecule has 18 heavy (non-hydrogen) atoms. The highest BCUT2D eigenvalue weighted by Crippen LogP contribution is 2.28. The number of hydrogen-bond acceptors (Lipinski definition) is 2. The second-order valence-corrected chi connectivity index (χ2v) is 4.98. The minimum absolute atomic E-state index is 0.0322. The van der Waals surface area contributed by atoms with Gasteiger partial charge in [-0.05, 0) is 31.0 Å². The number of nitrogens with one attached hydrogen (secondary N) is 2. The molecule has 0 bridgehead atoms. The SMILES string of the molecule is O=C(CNC(=O)C1CC1)Nc1ccc(Cl)c(Cl)c1. The quantitative estimate of drug-likeness (QED) is 0.893. The van der Waals surface area contributed by atoms with Gasteiger partial charge in [0.1, 0.15) is 0 Å². The highest BCUT2D eigenvalue weighted by Gasteiger charge is 2.29. The first kappa shape index (κ1) is 13.2. The van der Waals surface area contributed by atoms with E-state index in [-0.39, 0.29) is 24.3 Å². The first-order chi connectivity index (χ1) is 8.56. The zero-order valence-corrected chi connectivity index (χ0v) is 11.0. The van der Waals surface area contributed by atoms with Gasteiger partial charge in [-0.25, -0.2) is 0 Å². The van der Waals surface area contributed by atoms with Crippen molar-refractivity contribution >= 4 is 40.7 Å². The number of carbonyl (C=O) groups is 2. The fraction of sp³-hybridized carbons (Fsp3) is 0.333. The van der Waals surface area contributed by atoms with E-state index in [1.54, 1.807) is 18.2 Å². The van der Waals surface area contributed by atoms with Crippen molar-refractivity contribution in [3.63, 3.8) is 0 Å². The summed E-state index contributed by atoms with van der Waals surface area (Å²) < 4.78 is 0. The zero-order valence-electron chi connectivity index (χ0n) is 9.50. The molecule has 96 valence electrons. The zero-order chi connectivity index (χ0) is 13.1. The summed E-state index contributed by atoms with van der Waals surface area (Å²) in [6.45, 7) is -0.0322. The predicted molar refractivity (Wildman–Crippen MR) is 70.8 cm³/mol. The molecule has 0 heterocycles. The molecule has 1 aromatic rings. The maximum absolute atomic E-state index is 11.6. The molecule has 0 unspecified atom stereocenters. The minimum atomic E-state index is -0.289. The van der Waals surface area contributed by atoms with Crippen molar-refractivity contribution in [1.82, 2.24) is 5.32 Å². The molecule has 0 atom stereocenters. The van der Waals surface area contributed by atoms with E-state index in [0.29, 0.717) is 15.7 Å². The minimum Gasteiger partial charge on any atom is -0.347 e.